The Morgan fingerprint density at radius 2 is 1.90 bits per heavy atom. The maximum Gasteiger partial charge on any atom is 0.265 e. The van der Waals surface area contributed by atoms with Crippen molar-refractivity contribution in [1.82, 2.24) is 14.9 Å². The summed E-state index contributed by atoms with van der Waals surface area (Å²) in [6.45, 7) is 0. The molecule has 1 N–H and O–H groups in total. The number of nitrogens with one attached hydrogen (secondary N) is 1. The summed E-state index contributed by atoms with van der Waals surface area (Å²) in [5, 5.41) is 7.08. The lowest BCUT2D eigenvalue weighted by atomic mass is 9.95. The summed E-state index contributed by atoms with van der Waals surface area (Å²) in [5.74, 6) is -0.439. The highest BCUT2D eigenvalue weighted by molar-refractivity contribution is 7.08. The second-order valence-electron chi connectivity index (χ2n) is 5.27. The van der Waals surface area contributed by atoms with Crippen LogP contribution in [0, 0.1) is 5.82 Å². The van der Waals surface area contributed by atoms with Crippen LogP contribution in [-0.4, -0.2) is 21.5 Å². The van der Waals surface area contributed by atoms with E-state index >= 15 is 0 Å². The topological polar surface area (TPSA) is 54.9 Å². The maximum atomic E-state index is 13.0. The van der Waals surface area contributed by atoms with Gasteiger partial charge in [0.1, 0.15) is 16.4 Å². The number of carbonyl (C=O) groups excluding carboxylic acids is 1. The molecule has 0 atom stereocenters. The van der Waals surface area contributed by atoms with Gasteiger partial charge in [0, 0.05) is 11.6 Å². The Hall–Kier alpha value is -1.82. The first-order valence-electron chi connectivity index (χ1n) is 7.13. The first-order chi connectivity index (χ1) is 10.2. The van der Waals surface area contributed by atoms with Crippen molar-refractivity contribution < 1.29 is 9.18 Å². The van der Waals surface area contributed by atoms with E-state index in [9.17, 15) is 9.18 Å². The molecule has 0 aliphatic heterocycles. The van der Waals surface area contributed by atoms with Crippen LogP contribution in [0.2, 0.25) is 0 Å². The zero-order chi connectivity index (χ0) is 14.7. The minimum absolute atomic E-state index is 0.128. The van der Waals surface area contributed by atoms with Crippen molar-refractivity contribution in [3.8, 4) is 11.3 Å². The van der Waals surface area contributed by atoms with E-state index < -0.39 is 0 Å². The van der Waals surface area contributed by atoms with Crippen molar-refractivity contribution in [3.05, 3.63) is 35.0 Å². The third kappa shape index (κ3) is 3.26. The van der Waals surface area contributed by atoms with Crippen LogP contribution >= 0.6 is 11.5 Å². The Kier molecular flexibility index (Phi) is 4.24. The predicted molar refractivity (Wildman–Crippen MR) is 79.6 cm³/mol. The fourth-order valence-corrected chi connectivity index (χ4v) is 3.23. The van der Waals surface area contributed by atoms with Crippen molar-refractivity contribution in [3.63, 3.8) is 0 Å². The molecular formula is C15H16FN3OS. The molecule has 2 aromatic rings. The second kappa shape index (κ2) is 6.30. The van der Waals surface area contributed by atoms with Crippen LogP contribution in [0.25, 0.3) is 11.3 Å². The van der Waals surface area contributed by atoms with Crippen LogP contribution in [-0.2, 0) is 0 Å². The second-order valence-corrected chi connectivity index (χ2v) is 6.02. The van der Waals surface area contributed by atoms with E-state index in [0.29, 0.717) is 16.1 Å². The summed E-state index contributed by atoms with van der Waals surface area (Å²) in [4.78, 5) is 12.9. The van der Waals surface area contributed by atoms with Crippen molar-refractivity contribution in [2.24, 2.45) is 0 Å². The predicted octanol–water partition coefficient (Wildman–Crippen LogP) is 3.41. The average Bonchev–Trinajstić information content (AvgIpc) is 2.98. The van der Waals surface area contributed by atoms with Gasteiger partial charge >= 0.3 is 0 Å². The van der Waals surface area contributed by atoms with E-state index in [1.165, 1.54) is 18.6 Å². The van der Waals surface area contributed by atoms with Gasteiger partial charge in [-0.05, 0) is 48.6 Å². The van der Waals surface area contributed by atoms with E-state index in [-0.39, 0.29) is 17.8 Å². The molecule has 0 unspecified atom stereocenters. The zero-order valence-corrected chi connectivity index (χ0v) is 12.3. The van der Waals surface area contributed by atoms with Crippen molar-refractivity contribution in [2.75, 3.05) is 0 Å². The Bertz CT molecular complexity index is 620. The fourth-order valence-electron chi connectivity index (χ4n) is 2.63. The Balaban J connectivity index is 1.78. The summed E-state index contributed by atoms with van der Waals surface area (Å²) in [6.07, 6.45) is 5.64. The summed E-state index contributed by atoms with van der Waals surface area (Å²) >= 11 is 1.08. The summed E-state index contributed by atoms with van der Waals surface area (Å²) < 4.78 is 16.9. The van der Waals surface area contributed by atoms with E-state index in [1.807, 2.05) is 0 Å². The van der Waals surface area contributed by atoms with Crippen molar-refractivity contribution in [1.29, 1.82) is 0 Å². The van der Waals surface area contributed by atoms with Crippen LogP contribution in [0.5, 0.6) is 0 Å². The molecule has 0 saturated heterocycles. The van der Waals surface area contributed by atoms with E-state index in [1.54, 1.807) is 12.1 Å². The standard InChI is InChI=1S/C15H16FN3OS/c16-11-8-6-10(7-9-11)13-14(21-19-18-13)15(20)17-12-4-2-1-3-5-12/h6-9,12H,1-5H2,(H,17,20). The molecule has 1 heterocycles. The highest BCUT2D eigenvalue weighted by Crippen LogP contribution is 2.25. The molecule has 1 aliphatic rings. The number of carbonyl (C=O) groups is 1. The summed E-state index contributed by atoms with van der Waals surface area (Å²) in [5.41, 5.74) is 1.23. The molecule has 1 aromatic carbocycles. The van der Waals surface area contributed by atoms with Gasteiger partial charge in [-0.1, -0.05) is 23.8 Å². The van der Waals surface area contributed by atoms with Crippen LogP contribution in [0.4, 0.5) is 4.39 Å². The quantitative estimate of drug-likeness (QED) is 0.945. The van der Waals surface area contributed by atoms with Gasteiger partial charge in [-0.2, -0.15) is 0 Å². The van der Waals surface area contributed by atoms with Gasteiger partial charge in [0.15, 0.2) is 0 Å². The number of nitrogens with zero attached hydrogens (tertiary/aromatic N) is 2. The molecule has 6 heteroatoms. The van der Waals surface area contributed by atoms with E-state index in [4.69, 9.17) is 0 Å². The van der Waals surface area contributed by atoms with Crippen LogP contribution in [0.1, 0.15) is 41.8 Å². The van der Waals surface area contributed by atoms with Crippen LogP contribution in [0.15, 0.2) is 24.3 Å². The molecule has 1 aliphatic carbocycles. The number of aromatic nitrogens is 2. The minimum atomic E-state index is -0.310. The molecule has 0 spiro atoms. The van der Waals surface area contributed by atoms with E-state index in [2.05, 4.69) is 14.9 Å². The smallest absolute Gasteiger partial charge is 0.265 e. The van der Waals surface area contributed by atoms with Crippen LogP contribution < -0.4 is 5.32 Å². The molecule has 4 nitrogen and oxygen atoms in total. The monoisotopic (exact) mass is 305 g/mol. The maximum absolute atomic E-state index is 13.0. The lowest BCUT2D eigenvalue weighted by molar-refractivity contribution is 0.0932. The first-order valence-corrected chi connectivity index (χ1v) is 7.90. The molecular weight excluding hydrogens is 289 g/mol. The molecule has 1 aromatic heterocycles. The lowest BCUT2D eigenvalue weighted by Gasteiger charge is -2.22. The normalized spacial score (nSPS) is 15.9. The molecule has 21 heavy (non-hydrogen) atoms. The molecule has 1 fully saturated rings. The van der Waals surface area contributed by atoms with Gasteiger partial charge in [-0.15, -0.1) is 5.10 Å². The summed E-state index contributed by atoms with van der Waals surface area (Å²) in [6, 6.07) is 6.19. The number of amides is 1. The molecule has 110 valence electrons. The third-order valence-electron chi connectivity index (χ3n) is 3.75. The molecule has 0 bridgehead atoms. The van der Waals surface area contributed by atoms with Gasteiger partial charge < -0.3 is 5.32 Å². The lowest BCUT2D eigenvalue weighted by Crippen LogP contribution is -2.36. The number of hydrogen-bond acceptors (Lipinski definition) is 4. The minimum Gasteiger partial charge on any atom is -0.348 e. The van der Waals surface area contributed by atoms with Gasteiger partial charge in [-0.25, -0.2) is 4.39 Å². The number of rotatable bonds is 3. The number of hydrogen-bond donors (Lipinski definition) is 1. The first kappa shape index (κ1) is 14.1. The Morgan fingerprint density at radius 1 is 1.19 bits per heavy atom. The largest absolute Gasteiger partial charge is 0.348 e. The van der Waals surface area contributed by atoms with E-state index in [0.717, 1.165) is 37.2 Å². The molecule has 1 saturated carbocycles. The number of benzene rings is 1. The van der Waals surface area contributed by atoms with Gasteiger partial charge in [-0.3, -0.25) is 4.79 Å². The van der Waals surface area contributed by atoms with Crippen LogP contribution in [0.3, 0.4) is 0 Å². The van der Waals surface area contributed by atoms with Gasteiger partial charge in [0.2, 0.25) is 0 Å². The third-order valence-corrected chi connectivity index (χ3v) is 4.48. The van der Waals surface area contributed by atoms with Crippen molar-refractivity contribution >= 4 is 17.4 Å². The highest BCUT2D eigenvalue weighted by Gasteiger charge is 2.21. The van der Waals surface area contributed by atoms with Gasteiger partial charge in [0.05, 0.1) is 0 Å². The zero-order valence-electron chi connectivity index (χ0n) is 11.5. The van der Waals surface area contributed by atoms with Crippen molar-refractivity contribution in [2.45, 2.75) is 38.1 Å². The highest BCUT2D eigenvalue weighted by atomic mass is 32.1. The molecule has 1 amide bonds. The molecule has 3 rings (SSSR count). The fraction of sp³-hybridized carbons (Fsp3) is 0.400. The Morgan fingerprint density at radius 3 is 2.62 bits per heavy atom. The van der Waals surface area contributed by atoms with Gasteiger partial charge in [0.25, 0.3) is 5.91 Å². The number of halogens is 1. The summed E-state index contributed by atoms with van der Waals surface area (Å²) in [7, 11) is 0. The SMILES string of the molecule is O=C(NC1CCCCC1)c1snnc1-c1ccc(F)cc1. The molecule has 0 radical (unpaired) electrons. The Labute approximate surface area is 126 Å². The average molecular weight is 305 g/mol.